The predicted molar refractivity (Wildman–Crippen MR) is 141 cm³/mol. The molecule has 3 N–H and O–H groups in total. The van der Waals surface area contributed by atoms with E-state index >= 15 is 0 Å². The number of hydrogen-bond acceptors (Lipinski definition) is 6. The molecular formula is C28H38N6O3. The number of nitriles is 1. The van der Waals surface area contributed by atoms with E-state index in [1.165, 1.54) is 42.1 Å². The number of nitrogens with one attached hydrogen (secondary N) is 1. The van der Waals surface area contributed by atoms with Crippen LogP contribution in [-0.2, 0) is 11.8 Å². The predicted octanol–water partition coefficient (Wildman–Crippen LogP) is 3.79. The van der Waals surface area contributed by atoms with Crippen molar-refractivity contribution in [2.75, 3.05) is 18.4 Å². The number of hydrogen-bond donors (Lipinski definition) is 2. The monoisotopic (exact) mass is 506 g/mol. The molecule has 1 aromatic heterocycles. The van der Waals surface area contributed by atoms with Gasteiger partial charge in [-0.05, 0) is 70.4 Å². The van der Waals surface area contributed by atoms with Gasteiger partial charge in [-0.3, -0.25) is 19.2 Å². The molecular weight excluding hydrogens is 468 g/mol. The maximum absolute atomic E-state index is 11.4. The first kappa shape index (κ1) is 26.7. The molecule has 5 rings (SSSR count). The van der Waals surface area contributed by atoms with Gasteiger partial charge in [-0.25, -0.2) is 0 Å². The summed E-state index contributed by atoms with van der Waals surface area (Å²) in [5, 5.41) is 15.4. The molecule has 1 aromatic carbocycles. The second-order valence-corrected chi connectivity index (χ2v) is 11.0. The molecule has 0 spiro atoms. The zero-order valence-electron chi connectivity index (χ0n) is 22.1. The number of amides is 2. The van der Waals surface area contributed by atoms with E-state index in [1.807, 2.05) is 0 Å². The molecule has 2 saturated carbocycles. The zero-order chi connectivity index (χ0) is 26.6. The topological polar surface area (TPSA) is 126 Å². The molecule has 0 radical (unpaired) electrons. The fourth-order valence-corrected chi connectivity index (χ4v) is 5.20. The van der Waals surface area contributed by atoms with Crippen molar-refractivity contribution in [3.8, 4) is 11.8 Å². The Labute approximate surface area is 218 Å². The van der Waals surface area contributed by atoms with Crippen LogP contribution in [0.5, 0.6) is 5.75 Å². The van der Waals surface area contributed by atoms with Gasteiger partial charge in [0.2, 0.25) is 5.91 Å². The number of benzene rings is 1. The van der Waals surface area contributed by atoms with Gasteiger partial charge in [0.1, 0.15) is 16.9 Å². The second-order valence-electron chi connectivity index (χ2n) is 11.0. The molecule has 198 valence electrons. The number of carbonyl (C=O) groups excluding carboxylic acids is 2. The maximum Gasteiger partial charge on any atom is 0.254 e. The molecule has 2 amide bonds. The molecule has 1 saturated heterocycles. The average Bonchev–Trinajstić information content (AvgIpc) is 3.63. The summed E-state index contributed by atoms with van der Waals surface area (Å²) in [7, 11) is 1.67. The number of nitrogens with zero attached hydrogens (tertiary/aromatic N) is 4. The van der Waals surface area contributed by atoms with Crippen molar-refractivity contribution in [2.45, 2.75) is 70.4 Å². The highest BCUT2D eigenvalue weighted by Gasteiger charge is 2.44. The van der Waals surface area contributed by atoms with Crippen LogP contribution < -0.4 is 15.8 Å². The lowest BCUT2D eigenvalue weighted by atomic mass is 9.81. The molecule has 2 aromatic rings. The van der Waals surface area contributed by atoms with Crippen LogP contribution in [-0.4, -0.2) is 51.2 Å². The number of aromatic nitrogens is 2. The number of aryl methyl sites for hydroxylation is 2. The van der Waals surface area contributed by atoms with Gasteiger partial charge < -0.3 is 15.8 Å². The number of ether oxygens (including phenoxy) is 1. The Morgan fingerprint density at radius 3 is 2.38 bits per heavy atom. The van der Waals surface area contributed by atoms with Crippen LogP contribution in [0.1, 0.15) is 67.8 Å². The summed E-state index contributed by atoms with van der Waals surface area (Å²) in [6, 6.07) is 11.4. The third-order valence-electron chi connectivity index (χ3n) is 7.46. The van der Waals surface area contributed by atoms with E-state index in [2.05, 4.69) is 59.5 Å². The summed E-state index contributed by atoms with van der Waals surface area (Å²) < 4.78 is 7.64. The van der Waals surface area contributed by atoms with Gasteiger partial charge in [0.25, 0.3) is 5.91 Å². The smallest absolute Gasteiger partial charge is 0.254 e. The molecule has 9 nitrogen and oxygen atoms in total. The van der Waals surface area contributed by atoms with Crippen LogP contribution in [0.15, 0.2) is 30.5 Å². The fourth-order valence-electron chi connectivity index (χ4n) is 5.20. The summed E-state index contributed by atoms with van der Waals surface area (Å²) in [5.74, 6) is 1.27. The minimum absolute atomic E-state index is 0.0429. The number of nitrogens with two attached hydrogens (primary N) is 1. The third-order valence-corrected chi connectivity index (χ3v) is 7.46. The van der Waals surface area contributed by atoms with Gasteiger partial charge in [-0.2, -0.15) is 10.4 Å². The lowest BCUT2D eigenvalue weighted by Crippen LogP contribution is -2.66. The van der Waals surface area contributed by atoms with Gasteiger partial charge in [-0.15, -0.1) is 0 Å². The van der Waals surface area contributed by atoms with Crippen LogP contribution in [0.25, 0.3) is 0 Å². The summed E-state index contributed by atoms with van der Waals surface area (Å²) >= 11 is 0. The van der Waals surface area contributed by atoms with E-state index in [1.54, 1.807) is 7.05 Å². The van der Waals surface area contributed by atoms with Crippen LogP contribution in [0.3, 0.4) is 0 Å². The third kappa shape index (κ3) is 7.10. The molecule has 0 atom stereocenters. The largest absolute Gasteiger partial charge is 0.485 e. The van der Waals surface area contributed by atoms with Gasteiger partial charge in [0.05, 0.1) is 6.07 Å². The normalized spacial score (nSPS) is 22.5. The van der Waals surface area contributed by atoms with Crippen molar-refractivity contribution < 1.29 is 14.3 Å². The van der Waals surface area contributed by atoms with Gasteiger partial charge >= 0.3 is 0 Å². The number of carbonyl (C=O) groups is 2. The van der Waals surface area contributed by atoms with Gasteiger partial charge in [-0.1, -0.05) is 17.7 Å². The lowest BCUT2D eigenvalue weighted by Gasteiger charge is -2.52. The van der Waals surface area contributed by atoms with Crippen molar-refractivity contribution in [1.29, 1.82) is 5.26 Å². The molecule has 37 heavy (non-hydrogen) atoms. The highest BCUT2D eigenvalue weighted by atomic mass is 16.5. The van der Waals surface area contributed by atoms with Crippen LogP contribution in [0.2, 0.25) is 0 Å². The number of likely N-dealkylation sites (tertiary alicyclic amines) is 1. The Bertz CT molecular complexity index is 1130. The first-order chi connectivity index (χ1) is 17.7. The standard InChI is InChI=1S/C19H26N2O.C9H12N4O2/c1-15-3-9-18(10-4-15)22-19(2)13-21(14-19)17-7-5-16(6-8-17)11-12-20;1-13-4-6(7(10)14)8(12-13)11-9(15)5-2-3-5/h3-4,9-10,16-17H,5-8,11,13-14H2,1-2H3;4-5H,2-3H2,1H3,(H2,10,14)(H,11,12,15). The van der Waals surface area contributed by atoms with E-state index in [0.717, 1.165) is 38.1 Å². The van der Waals surface area contributed by atoms with Crippen LogP contribution in [0, 0.1) is 30.1 Å². The molecule has 2 heterocycles. The average molecular weight is 507 g/mol. The second kappa shape index (κ2) is 11.3. The molecule has 9 heteroatoms. The SMILES string of the molecule is Cc1ccc(OC2(C)CN(C3CCC(CC#N)CC3)C2)cc1.Cn1cc(C(N)=O)c(NC(=O)C2CC2)n1. The van der Waals surface area contributed by atoms with E-state index in [9.17, 15) is 9.59 Å². The van der Waals surface area contributed by atoms with E-state index in [4.69, 9.17) is 15.7 Å². The van der Waals surface area contributed by atoms with E-state index in [-0.39, 0.29) is 28.8 Å². The Balaban J connectivity index is 0.000000186. The van der Waals surface area contributed by atoms with Crippen molar-refractivity contribution in [3.05, 3.63) is 41.6 Å². The Hall–Kier alpha value is -3.38. The highest BCUT2D eigenvalue weighted by molar-refractivity contribution is 6.02. The van der Waals surface area contributed by atoms with Crippen molar-refractivity contribution in [2.24, 2.45) is 24.6 Å². The molecule has 0 unspecified atom stereocenters. The lowest BCUT2D eigenvalue weighted by molar-refractivity contribution is -0.117. The summed E-state index contributed by atoms with van der Waals surface area (Å²) in [6.45, 7) is 6.35. The van der Waals surface area contributed by atoms with Crippen molar-refractivity contribution in [3.63, 3.8) is 0 Å². The van der Waals surface area contributed by atoms with E-state index in [0.29, 0.717) is 12.0 Å². The quantitative estimate of drug-likeness (QED) is 0.588. The van der Waals surface area contributed by atoms with Crippen LogP contribution in [0.4, 0.5) is 5.82 Å². The molecule has 2 aliphatic carbocycles. The molecule has 0 bridgehead atoms. The van der Waals surface area contributed by atoms with Crippen molar-refractivity contribution in [1.82, 2.24) is 14.7 Å². The number of rotatable bonds is 7. The number of primary amides is 1. The minimum atomic E-state index is -0.589. The Morgan fingerprint density at radius 2 is 1.81 bits per heavy atom. The fraction of sp³-hybridized carbons (Fsp3) is 0.571. The highest BCUT2D eigenvalue weighted by Crippen LogP contribution is 2.36. The summed E-state index contributed by atoms with van der Waals surface area (Å²) in [6.07, 6.45) is 8.95. The molecule has 3 fully saturated rings. The van der Waals surface area contributed by atoms with Crippen molar-refractivity contribution >= 4 is 17.6 Å². The summed E-state index contributed by atoms with van der Waals surface area (Å²) in [4.78, 5) is 25.0. The zero-order valence-corrected chi connectivity index (χ0v) is 22.1. The van der Waals surface area contributed by atoms with Gasteiger partial charge in [0, 0.05) is 44.7 Å². The number of anilines is 1. The molecule has 3 aliphatic rings. The molecule has 1 aliphatic heterocycles. The van der Waals surface area contributed by atoms with E-state index < -0.39 is 5.91 Å². The minimum Gasteiger partial charge on any atom is -0.485 e. The first-order valence-electron chi connectivity index (χ1n) is 13.2. The van der Waals surface area contributed by atoms with Crippen LogP contribution >= 0.6 is 0 Å². The Kier molecular flexibility index (Phi) is 8.18. The first-order valence-corrected chi connectivity index (χ1v) is 13.2. The Morgan fingerprint density at radius 1 is 1.16 bits per heavy atom. The van der Waals surface area contributed by atoms with Gasteiger partial charge in [0.15, 0.2) is 5.82 Å². The maximum atomic E-state index is 11.4. The summed E-state index contributed by atoms with van der Waals surface area (Å²) in [5.41, 5.74) is 6.62.